The van der Waals surface area contributed by atoms with Gasteiger partial charge in [-0.05, 0) is 36.2 Å². The first-order valence-electron chi connectivity index (χ1n) is 5.42. The van der Waals surface area contributed by atoms with E-state index in [9.17, 15) is 4.39 Å². The van der Waals surface area contributed by atoms with Gasteiger partial charge in [0.2, 0.25) is 0 Å². The van der Waals surface area contributed by atoms with Crippen molar-refractivity contribution in [3.63, 3.8) is 0 Å². The minimum absolute atomic E-state index is 0. The molecule has 0 saturated carbocycles. The summed E-state index contributed by atoms with van der Waals surface area (Å²) in [6.07, 6.45) is 4.67. The second kappa shape index (κ2) is 4.90. The van der Waals surface area contributed by atoms with Gasteiger partial charge in [-0.15, -0.1) is 12.4 Å². The zero-order valence-electron chi connectivity index (χ0n) is 9.20. The van der Waals surface area contributed by atoms with Gasteiger partial charge in [-0.2, -0.15) is 0 Å². The van der Waals surface area contributed by atoms with E-state index in [0.717, 1.165) is 30.5 Å². The Hall–Kier alpha value is -1.32. The van der Waals surface area contributed by atoms with Crippen LogP contribution in [0.1, 0.15) is 12.0 Å². The molecule has 0 spiro atoms. The van der Waals surface area contributed by atoms with Gasteiger partial charge in [-0.1, -0.05) is 12.1 Å². The zero-order valence-corrected chi connectivity index (χ0v) is 10.0. The summed E-state index contributed by atoms with van der Waals surface area (Å²) in [7, 11) is 0. The molecule has 1 aliphatic rings. The first-order valence-corrected chi connectivity index (χ1v) is 5.42. The van der Waals surface area contributed by atoms with Crippen LogP contribution in [0.3, 0.4) is 0 Å². The Labute approximate surface area is 105 Å². The summed E-state index contributed by atoms with van der Waals surface area (Å²) < 4.78 is 18.6. The number of rotatable bonds is 1. The highest BCUT2D eigenvalue weighted by atomic mass is 35.5. The molecule has 4 heteroatoms. The average molecular weight is 254 g/mol. The monoisotopic (exact) mass is 253 g/mol. The lowest BCUT2D eigenvalue weighted by molar-refractivity contribution is 0.560. The molecule has 2 heterocycles. The molecule has 0 unspecified atom stereocenters. The van der Waals surface area contributed by atoms with Gasteiger partial charge in [0.05, 0.1) is 6.26 Å². The molecule has 0 aliphatic carbocycles. The van der Waals surface area contributed by atoms with Crippen molar-refractivity contribution in [2.75, 3.05) is 13.1 Å². The maximum absolute atomic E-state index is 13.4. The molecule has 3 rings (SSSR count). The third-order valence-electron chi connectivity index (χ3n) is 2.98. The van der Waals surface area contributed by atoms with Gasteiger partial charge >= 0.3 is 0 Å². The van der Waals surface area contributed by atoms with Gasteiger partial charge in [-0.3, -0.25) is 0 Å². The topological polar surface area (TPSA) is 25.2 Å². The minimum Gasteiger partial charge on any atom is -0.461 e. The van der Waals surface area contributed by atoms with Crippen LogP contribution in [0.4, 0.5) is 4.39 Å². The highest BCUT2D eigenvalue weighted by Crippen LogP contribution is 2.30. The minimum atomic E-state index is -0.293. The zero-order chi connectivity index (χ0) is 11.0. The maximum Gasteiger partial charge on any atom is 0.170 e. The van der Waals surface area contributed by atoms with Crippen molar-refractivity contribution >= 4 is 28.9 Å². The molecule has 0 bridgehead atoms. The van der Waals surface area contributed by atoms with Crippen LogP contribution in [0.25, 0.3) is 16.5 Å². The molecule has 1 aliphatic heterocycles. The second-order valence-corrected chi connectivity index (χ2v) is 3.94. The SMILES string of the molecule is Cl.Fc1ccc(C2=CCNCC2)c2ccoc12. The summed E-state index contributed by atoms with van der Waals surface area (Å²) in [5.74, 6) is -0.293. The van der Waals surface area contributed by atoms with Gasteiger partial charge in [0.1, 0.15) is 0 Å². The lowest BCUT2D eigenvalue weighted by atomic mass is 9.97. The lowest BCUT2D eigenvalue weighted by Gasteiger charge is -2.14. The van der Waals surface area contributed by atoms with Crippen LogP contribution in [0.5, 0.6) is 0 Å². The third-order valence-corrected chi connectivity index (χ3v) is 2.98. The van der Waals surface area contributed by atoms with E-state index in [-0.39, 0.29) is 18.2 Å². The van der Waals surface area contributed by atoms with Crippen molar-refractivity contribution < 1.29 is 8.81 Å². The Balaban J connectivity index is 0.00000108. The number of halogens is 2. The predicted molar refractivity (Wildman–Crippen MR) is 68.9 cm³/mol. The first-order chi connectivity index (χ1) is 7.86. The van der Waals surface area contributed by atoms with Crippen molar-refractivity contribution in [2.45, 2.75) is 6.42 Å². The van der Waals surface area contributed by atoms with Crippen LogP contribution < -0.4 is 5.32 Å². The van der Waals surface area contributed by atoms with E-state index in [0.29, 0.717) is 5.58 Å². The average Bonchev–Trinajstić information content (AvgIpc) is 2.81. The quantitative estimate of drug-likeness (QED) is 0.843. The van der Waals surface area contributed by atoms with Crippen LogP contribution in [0, 0.1) is 5.82 Å². The van der Waals surface area contributed by atoms with Gasteiger partial charge in [0, 0.05) is 11.9 Å². The Morgan fingerprint density at radius 2 is 2.12 bits per heavy atom. The molecule has 1 aromatic carbocycles. The molecule has 90 valence electrons. The van der Waals surface area contributed by atoms with Crippen molar-refractivity contribution in [1.29, 1.82) is 0 Å². The molecule has 17 heavy (non-hydrogen) atoms. The molecule has 0 amide bonds. The van der Waals surface area contributed by atoms with Gasteiger partial charge in [-0.25, -0.2) is 4.39 Å². The van der Waals surface area contributed by atoms with Crippen molar-refractivity contribution in [1.82, 2.24) is 5.32 Å². The highest BCUT2D eigenvalue weighted by Gasteiger charge is 2.13. The summed E-state index contributed by atoms with van der Waals surface area (Å²) >= 11 is 0. The van der Waals surface area contributed by atoms with E-state index in [1.54, 1.807) is 6.26 Å². The van der Waals surface area contributed by atoms with Crippen molar-refractivity contribution in [3.8, 4) is 0 Å². The lowest BCUT2D eigenvalue weighted by Crippen LogP contribution is -2.20. The van der Waals surface area contributed by atoms with E-state index < -0.39 is 0 Å². The summed E-state index contributed by atoms with van der Waals surface area (Å²) in [6, 6.07) is 5.14. The van der Waals surface area contributed by atoms with Crippen LogP contribution in [-0.2, 0) is 0 Å². The Morgan fingerprint density at radius 3 is 2.88 bits per heavy atom. The summed E-state index contributed by atoms with van der Waals surface area (Å²) in [6.45, 7) is 1.86. The number of hydrogen-bond donors (Lipinski definition) is 1. The van der Waals surface area contributed by atoms with E-state index in [2.05, 4.69) is 11.4 Å². The molecule has 1 N–H and O–H groups in total. The Kier molecular flexibility index (Phi) is 3.50. The predicted octanol–water partition coefficient (Wildman–Crippen LogP) is 3.37. The van der Waals surface area contributed by atoms with Crippen LogP contribution in [0.2, 0.25) is 0 Å². The summed E-state index contributed by atoms with van der Waals surface area (Å²) in [4.78, 5) is 0. The van der Waals surface area contributed by atoms with Gasteiger partial charge < -0.3 is 9.73 Å². The number of hydrogen-bond acceptors (Lipinski definition) is 2. The number of furan rings is 1. The molecule has 0 fully saturated rings. The molecule has 2 nitrogen and oxygen atoms in total. The molecule has 2 aromatic rings. The fourth-order valence-corrected chi connectivity index (χ4v) is 2.18. The summed E-state index contributed by atoms with van der Waals surface area (Å²) in [5.41, 5.74) is 2.72. The molecule has 0 saturated heterocycles. The van der Waals surface area contributed by atoms with Crippen LogP contribution in [0.15, 0.2) is 35.0 Å². The van der Waals surface area contributed by atoms with E-state index in [1.165, 1.54) is 11.6 Å². The van der Waals surface area contributed by atoms with Gasteiger partial charge in [0.15, 0.2) is 11.4 Å². The van der Waals surface area contributed by atoms with E-state index in [4.69, 9.17) is 4.42 Å². The first kappa shape index (κ1) is 12.1. The molecule has 1 aromatic heterocycles. The maximum atomic E-state index is 13.4. The molecular weight excluding hydrogens is 241 g/mol. The van der Waals surface area contributed by atoms with Crippen molar-refractivity contribution in [3.05, 3.63) is 41.9 Å². The Bertz CT molecular complexity index is 562. The van der Waals surface area contributed by atoms with E-state index >= 15 is 0 Å². The van der Waals surface area contributed by atoms with Crippen LogP contribution in [-0.4, -0.2) is 13.1 Å². The fourth-order valence-electron chi connectivity index (χ4n) is 2.18. The third kappa shape index (κ3) is 2.08. The molecular formula is C13H13ClFNO. The smallest absolute Gasteiger partial charge is 0.170 e. The van der Waals surface area contributed by atoms with Crippen molar-refractivity contribution in [2.24, 2.45) is 0 Å². The number of benzene rings is 1. The standard InChI is InChI=1S/C13H12FNO.ClH/c14-12-2-1-10(9-3-6-15-7-4-9)11-5-8-16-13(11)12;/h1-3,5,8,15H,4,6-7H2;1H. The number of nitrogens with one attached hydrogen (secondary N) is 1. The fraction of sp³-hybridized carbons (Fsp3) is 0.231. The van der Waals surface area contributed by atoms with Gasteiger partial charge in [0.25, 0.3) is 0 Å². The second-order valence-electron chi connectivity index (χ2n) is 3.94. The van der Waals surface area contributed by atoms with Crippen LogP contribution >= 0.6 is 12.4 Å². The normalized spacial score (nSPS) is 15.5. The Morgan fingerprint density at radius 1 is 1.24 bits per heavy atom. The molecule has 0 radical (unpaired) electrons. The van der Waals surface area contributed by atoms with E-state index in [1.807, 2.05) is 12.1 Å². The highest BCUT2D eigenvalue weighted by molar-refractivity contribution is 5.91. The summed E-state index contributed by atoms with van der Waals surface area (Å²) in [5, 5.41) is 4.13. The largest absolute Gasteiger partial charge is 0.461 e. The number of fused-ring (bicyclic) bond motifs is 1. The molecule has 0 atom stereocenters.